The largest absolute Gasteiger partial charge is 1.00 e. The van der Waals surface area contributed by atoms with Crippen LogP contribution in [0.4, 0.5) is 0 Å². The second kappa shape index (κ2) is 6.24. The SMILES string of the molecule is COc1cc(Cl)c([CH2][Zn+])c(Cl)c1.[Br-]. The smallest absolute Gasteiger partial charge is 1.00 e. The van der Waals surface area contributed by atoms with Gasteiger partial charge in [0.05, 0.1) is 0 Å². The summed E-state index contributed by atoms with van der Waals surface area (Å²) in [6, 6.07) is 3.58. The van der Waals surface area contributed by atoms with Crippen LogP contribution in [-0.2, 0) is 23.3 Å². The Morgan fingerprint density at radius 3 is 2.08 bits per heavy atom. The molecule has 0 saturated heterocycles. The van der Waals surface area contributed by atoms with Gasteiger partial charge in [-0.25, -0.2) is 0 Å². The normalized spacial score (nSPS) is 9.31. The Labute approximate surface area is 108 Å². The molecule has 0 amide bonds. The number of hydrogen-bond donors (Lipinski definition) is 0. The van der Waals surface area contributed by atoms with Crippen molar-refractivity contribution in [2.45, 2.75) is 5.02 Å². The molecule has 0 aliphatic rings. The Bertz CT molecular complexity index is 270. The van der Waals surface area contributed by atoms with Crippen molar-refractivity contribution in [1.29, 1.82) is 0 Å². The minimum absolute atomic E-state index is 0. The van der Waals surface area contributed by atoms with Gasteiger partial charge in [-0.1, -0.05) is 0 Å². The van der Waals surface area contributed by atoms with Crippen molar-refractivity contribution in [2.24, 2.45) is 0 Å². The zero-order valence-corrected chi connectivity index (χ0v) is 13.2. The van der Waals surface area contributed by atoms with E-state index in [0.29, 0.717) is 15.8 Å². The van der Waals surface area contributed by atoms with E-state index in [2.05, 4.69) is 0 Å². The van der Waals surface area contributed by atoms with E-state index in [4.69, 9.17) is 27.9 Å². The predicted molar refractivity (Wildman–Crippen MR) is 46.7 cm³/mol. The second-order valence-electron chi connectivity index (χ2n) is 2.32. The average molecular weight is 335 g/mol. The standard InChI is InChI=1S/C8H7Cl2O.BrH.Zn/c1-5-7(9)3-6(11-2)4-8(5)10;;/h3-4H,1H2,2H3;1H;/q;;+1/p-1. The molecule has 5 heteroatoms. The van der Waals surface area contributed by atoms with Gasteiger partial charge in [-0.15, -0.1) is 0 Å². The maximum absolute atomic E-state index is 5.97. The number of benzene rings is 1. The number of methoxy groups -OCH3 is 1. The molecule has 0 N–H and O–H groups in total. The molecule has 0 spiro atoms. The molecule has 0 fully saturated rings. The van der Waals surface area contributed by atoms with Gasteiger partial charge >= 0.3 is 91.9 Å². The van der Waals surface area contributed by atoms with Crippen molar-refractivity contribution < 1.29 is 40.0 Å². The van der Waals surface area contributed by atoms with E-state index in [1.54, 1.807) is 19.2 Å². The fourth-order valence-corrected chi connectivity index (χ4v) is 3.39. The van der Waals surface area contributed by atoms with Gasteiger partial charge in [-0.05, 0) is 0 Å². The van der Waals surface area contributed by atoms with Gasteiger partial charge in [-0.3, -0.25) is 0 Å². The fourth-order valence-electron chi connectivity index (χ4n) is 0.936. The van der Waals surface area contributed by atoms with Crippen LogP contribution in [0.25, 0.3) is 0 Å². The number of ether oxygens (including phenoxy) is 1. The third kappa shape index (κ3) is 3.40. The van der Waals surface area contributed by atoms with Crippen LogP contribution in [0.1, 0.15) is 5.56 Å². The molecule has 0 radical (unpaired) electrons. The van der Waals surface area contributed by atoms with E-state index in [9.17, 15) is 0 Å². The van der Waals surface area contributed by atoms with E-state index in [-0.39, 0.29) is 17.0 Å². The van der Waals surface area contributed by atoms with Crippen LogP contribution in [0.3, 0.4) is 0 Å². The number of hydrogen-bond acceptors (Lipinski definition) is 1. The van der Waals surface area contributed by atoms with Crippen LogP contribution in [0, 0.1) is 0 Å². The van der Waals surface area contributed by atoms with Crippen LogP contribution < -0.4 is 21.7 Å². The molecular weight excluding hydrogens is 328 g/mol. The van der Waals surface area contributed by atoms with Crippen LogP contribution in [0.15, 0.2) is 12.1 Å². The molecular formula is C8H7BrCl2OZn. The third-order valence-electron chi connectivity index (χ3n) is 1.60. The van der Waals surface area contributed by atoms with Crippen LogP contribution in [0.2, 0.25) is 10.0 Å². The Morgan fingerprint density at radius 1 is 1.31 bits per heavy atom. The van der Waals surface area contributed by atoms with E-state index in [0.717, 1.165) is 28.9 Å². The van der Waals surface area contributed by atoms with Crippen molar-refractivity contribution in [3.05, 3.63) is 27.7 Å². The molecule has 0 aliphatic heterocycles. The first-order valence-corrected chi connectivity index (χ1v) is 6.35. The third-order valence-corrected chi connectivity index (χ3v) is 3.32. The predicted octanol–water partition coefficient (Wildman–Crippen LogP) is 0.0528. The summed E-state index contributed by atoms with van der Waals surface area (Å²) in [6.45, 7) is 0. The summed E-state index contributed by atoms with van der Waals surface area (Å²) in [7, 11) is 1.60. The van der Waals surface area contributed by atoms with Gasteiger partial charge in [0.1, 0.15) is 0 Å². The van der Waals surface area contributed by atoms with E-state index < -0.39 is 0 Å². The Kier molecular flexibility index (Phi) is 6.57. The molecule has 1 rings (SSSR count). The van der Waals surface area contributed by atoms with Gasteiger partial charge in [-0.2, -0.15) is 0 Å². The minimum Gasteiger partial charge on any atom is -1.00 e. The molecule has 0 aliphatic carbocycles. The van der Waals surface area contributed by atoms with Crippen molar-refractivity contribution in [1.82, 2.24) is 0 Å². The summed E-state index contributed by atoms with van der Waals surface area (Å²) in [5, 5.41) is 2.36. The molecule has 0 atom stereocenters. The maximum atomic E-state index is 5.97. The molecule has 0 bridgehead atoms. The summed E-state index contributed by atoms with van der Waals surface area (Å²) in [6.07, 6.45) is 0. The van der Waals surface area contributed by atoms with Crippen LogP contribution in [-0.4, -0.2) is 7.11 Å². The minimum atomic E-state index is 0. The van der Waals surface area contributed by atoms with Crippen molar-refractivity contribution >= 4 is 23.2 Å². The molecule has 0 unspecified atom stereocenters. The summed E-state index contributed by atoms with van der Waals surface area (Å²) in [5.41, 5.74) is 1.03. The number of rotatable bonds is 2. The van der Waals surface area contributed by atoms with Crippen molar-refractivity contribution in [2.75, 3.05) is 7.11 Å². The summed E-state index contributed by atoms with van der Waals surface area (Å²) < 4.78 is 5.02. The molecule has 1 aromatic carbocycles. The van der Waals surface area contributed by atoms with Crippen molar-refractivity contribution in [3.8, 4) is 5.75 Å². The average Bonchev–Trinajstić information content (AvgIpc) is 2.03. The van der Waals surface area contributed by atoms with Gasteiger partial charge in [0.25, 0.3) is 0 Å². The van der Waals surface area contributed by atoms with Crippen molar-refractivity contribution in [3.63, 3.8) is 0 Å². The molecule has 1 nitrogen and oxygen atoms in total. The van der Waals surface area contributed by atoms with Gasteiger partial charge in [0.2, 0.25) is 0 Å². The number of halogens is 3. The molecule has 0 heterocycles. The zero-order chi connectivity index (χ0) is 9.14. The Balaban J connectivity index is 0.00000144. The summed E-state index contributed by atoms with van der Waals surface area (Å²) in [5.74, 6) is 0.710. The zero-order valence-electron chi connectivity index (χ0n) is 7.11. The fraction of sp³-hybridized carbons (Fsp3) is 0.250. The summed E-state index contributed by atoms with van der Waals surface area (Å²) >= 11 is 13.1. The molecule has 1 aromatic rings. The van der Waals surface area contributed by atoms with E-state index in [1.807, 2.05) is 0 Å². The quantitative estimate of drug-likeness (QED) is 0.695. The summed E-state index contributed by atoms with van der Waals surface area (Å²) in [4.78, 5) is 0. The Hall–Kier alpha value is 0.703. The monoisotopic (exact) mass is 332 g/mol. The van der Waals surface area contributed by atoms with E-state index in [1.165, 1.54) is 0 Å². The molecule has 68 valence electrons. The Morgan fingerprint density at radius 2 is 1.77 bits per heavy atom. The second-order valence-corrected chi connectivity index (χ2v) is 4.18. The molecule has 13 heavy (non-hydrogen) atoms. The first-order chi connectivity index (χ1) is 5.69. The topological polar surface area (TPSA) is 9.23 Å². The van der Waals surface area contributed by atoms with E-state index >= 15 is 0 Å². The molecule has 0 saturated carbocycles. The van der Waals surface area contributed by atoms with Crippen LogP contribution >= 0.6 is 23.2 Å². The molecule has 0 aromatic heterocycles. The van der Waals surface area contributed by atoms with Gasteiger partial charge in [0, 0.05) is 0 Å². The first kappa shape index (κ1) is 13.7. The maximum Gasteiger partial charge on any atom is -1.00 e. The van der Waals surface area contributed by atoms with Crippen LogP contribution in [0.5, 0.6) is 5.75 Å². The first-order valence-electron chi connectivity index (χ1n) is 3.50. The van der Waals surface area contributed by atoms with Gasteiger partial charge < -0.3 is 17.0 Å². The van der Waals surface area contributed by atoms with Gasteiger partial charge in [0.15, 0.2) is 0 Å².